The van der Waals surface area contributed by atoms with Gasteiger partial charge >= 0.3 is 0 Å². The van der Waals surface area contributed by atoms with Crippen molar-refractivity contribution in [1.82, 2.24) is 24.2 Å². The summed E-state index contributed by atoms with van der Waals surface area (Å²) >= 11 is 5.79. The van der Waals surface area contributed by atoms with Crippen LogP contribution in [0.4, 0.5) is 8.78 Å². The van der Waals surface area contributed by atoms with Gasteiger partial charge in [0.05, 0.1) is 17.0 Å². The minimum Gasteiger partial charge on any atom is -0.351 e. The molecule has 4 rings (SSSR count). The van der Waals surface area contributed by atoms with Gasteiger partial charge in [-0.2, -0.15) is 4.31 Å². The van der Waals surface area contributed by atoms with E-state index in [0.29, 0.717) is 5.56 Å². The number of aromatic nitrogens is 3. The van der Waals surface area contributed by atoms with Gasteiger partial charge < -0.3 is 9.88 Å². The zero-order valence-electron chi connectivity index (χ0n) is 19.1. The van der Waals surface area contributed by atoms with Crippen molar-refractivity contribution in [2.45, 2.75) is 30.2 Å². The van der Waals surface area contributed by atoms with Gasteiger partial charge in [0.15, 0.2) is 5.03 Å². The van der Waals surface area contributed by atoms with Gasteiger partial charge in [0.1, 0.15) is 11.6 Å². The Bertz CT molecular complexity index is 1370. The Morgan fingerprint density at radius 1 is 1.20 bits per heavy atom. The fourth-order valence-electron chi connectivity index (χ4n) is 4.32. The van der Waals surface area contributed by atoms with E-state index < -0.39 is 33.0 Å². The summed E-state index contributed by atoms with van der Waals surface area (Å²) in [5.74, 6) is -1.81. The van der Waals surface area contributed by atoms with Gasteiger partial charge in [-0.3, -0.25) is 9.78 Å². The molecule has 1 N–H and O–H groups in total. The SMILES string of the molecule is Cc1cc(Cl)c(F)cc1C(=O)NCC1(c2ncccc2F)CCN(S(=O)(=O)c2cn(C)cn2)CC1. The van der Waals surface area contributed by atoms with E-state index in [0.717, 1.165) is 6.07 Å². The summed E-state index contributed by atoms with van der Waals surface area (Å²) in [6.45, 7) is 1.79. The molecule has 1 aliphatic heterocycles. The molecule has 2 aromatic heterocycles. The Morgan fingerprint density at radius 2 is 1.91 bits per heavy atom. The average Bonchev–Trinajstić information content (AvgIpc) is 3.27. The number of sulfonamides is 1. The number of benzene rings is 1. The molecule has 1 aromatic carbocycles. The number of halogens is 3. The maximum Gasteiger partial charge on any atom is 0.262 e. The Hall–Kier alpha value is -2.89. The molecular weight excluding hydrogens is 500 g/mol. The summed E-state index contributed by atoms with van der Waals surface area (Å²) in [4.78, 5) is 21.1. The molecular formula is C23H24ClF2N5O3S. The maximum atomic E-state index is 14.8. The molecule has 0 spiro atoms. The van der Waals surface area contributed by atoms with Crippen LogP contribution in [0.15, 0.2) is 48.0 Å². The number of hydrogen-bond donors (Lipinski definition) is 1. The zero-order valence-corrected chi connectivity index (χ0v) is 20.7. The topological polar surface area (TPSA) is 97.2 Å². The van der Waals surface area contributed by atoms with E-state index in [-0.39, 0.29) is 53.8 Å². The molecule has 1 saturated heterocycles. The monoisotopic (exact) mass is 523 g/mol. The first-order valence-electron chi connectivity index (χ1n) is 10.9. The highest BCUT2D eigenvalue weighted by Crippen LogP contribution is 2.37. The number of imidazole rings is 1. The third-order valence-electron chi connectivity index (χ3n) is 6.32. The number of pyridine rings is 1. The number of hydrogen-bond acceptors (Lipinski definition) is 5. The fourth-order valence-corrected chi connectivity index (χ4v) is 5.94. The van der Waals surface area contributed by atoms with Crippen LogP contribution in [0.25, 0.3) is 0 Å². The van der Waals surface area contributed by atoms with Crippen molar-refractivity contribution < 1.29 is 22.0 Å². The molecule has 0 unspecified atom stereocenters. The summed E-state index contributed by atoms with van der Waals surface area (Å²) in [7, 11) is -2.15. The number of nitrogens with one attached hydrogen (secondary N) is 1. The van der Waals surface area contributed by atoms with Crippen LogP contribution in [-0.4, -0.2) is 52.8 Å². The fraction of sp³-hybridized carbons (Fsp3) is 0.348. The first-order chi connectivity index (χ1) is 16.5. The van der Waals surface area contributed by atoms with Crippen molar-refractivity contribution in [3.05, 3.63) is 76.5 Å². The van der Waals surface area contributed by atoms with Gasteiger partial charge in [-0.1, -0.05) is 11.6 Å². The first kappa shape index (κ1) is 25.2. The molecule has 1 aliphatic rings. The summed E-state index contributed by atoms with van der Waals surface area (Å²) in [5.41, 5.74) is -0.216. The molecule has 186 valence electrons. The second-order valence-corrected chi connectivity index (χ2v) is 11.0. The van der Waals surface area contributed by atoms with E-state index in [9.17, 15) is 22.0 Å². The molecule has 12 heteroatoms. The van der Waals surface area contributed by atoms with Gasteiger partial charge in [0.2, 0.25) is 0 Å². The summed E-state index contributed by atoms with van der Waals surface area (Å²) in [6.07, 6.45) is 4.70. The lowest BCUT2D eigenvalue weighted by Gasteiger charge is -2.40. The zero-order chi connectivity index (χ0) is 25.4. The van der Waals surface area contributed by atoms with E-state index in [1.807, 2.05) is 0 Å². The highest BCUT2D eigenvalue weighted by molar-refractivity contribution is 7.89. The Morgan fingerprint density at radius 3 is 2.54 bits per heavy atom. The third kappa shape index (κ3) is 4.93. The van der Waals surface area contributed by atoms with Crippen molar-refractivity contribution >= 4 is 27.5 Å². The van der Waals surface area contributed by atoms with E-state index in [4.69, 9.17) is 11.6 Å². The molecule has 0 radical (unpaired) electrons. The van der Waals surface area contributed by atoms with Crippen LogP contribution in [0.2, 0.25) is 5.02 Å². The molecule has 1 amide bonds. The molecule has 0 bridgehead atoms. The second kappa shape index (κ2) is 9.63. The standard InChI is InChI=1S/C23H24ClF2N5O3S/c1-15-10-17(24)19(26)11-16(15)22(32)28-13-23(21-18(25)4-3-7-27-21)5-8-31(9-6-23)35(33,34)20-12-30(2)14-29-20/h3-4,7,10-12,14H,5-6,8-9,13H2,1-2H3,(H,28,32). The minimum atomic E-state index is -3.83. The minimum absolute atomic E-state index is 0.0130. The van der Waals surface area contributed by atoms with Crippen LogP contribution in [-0.2, 0) is 22.5 Å². The van der Waals surface area contributed by atoms with E-state index >= 15 is 0 Å². The van der Waals surface area contributed by atoms with Crippen LogP contribution in [0.5, 0.6) is 0 Å². The lowest BCUT2D eigenvalue weighted by atomic mass is 9.75. The van der Waals surface area contributed by atoms with Crippen LogP contribution in [0, 0.1) is 18.6 Å². The van der Waals surface area contributed by atoms with Gasteiger partial charge in [0, 0.05) is 50.1 Å². The van der Waals surface area contributed by atoms with Crippen molar-refractivity contribution in [2.75, 3.05) is 19.6 Å². The number of rotatable bonds is 6. The number of carbonyl (C=O) groups excluding carboxylic acids is 1. The summed E-state index contributed by atoms with van der Waals surface area (Å²) in [6, 6.07) is 5.16. The molecule has 0 aliphatic carbocycles. The summed E-state index contributed by atoms with van der Waals surface area (Å²) in [5, 5.41) is 2.62. The molecule has 3 aromatic rings. The number of piperidine rings is 1. The van der Waals surface area contributed by atoms with Crippen molar-refractivity contribution in [2.24, 2.45) is 7.05 Å². The third-order valence-corrected chi connectivity index (χ3v) is 8.40. The molecule has 0 atom stereocenters. The quantitative estimate of drug-likeness (QED) is 0.535. The van der Waals surface area contributed by atoms with E-state index in [1.54, 1.807) is 18.5 Å². The largest absolute Gasteiger partial charge is 0.351 e. The predicted molar refractivity (Wildman–Crippen MR) is 126 cm³/mol. The highest BCUT2D eigenvalue weighted by Gasteiger charge is 2.43. The summed E-state index contributed by atoms with van der Waals surface area (Å²) < 4.78 is 57.7. The van der Waals surface area contributed by atoms with Crippen molar-refractivity contribution in [3.63, 3.8) is 0 Å². The normalized spacial score (nSPS) is 16.3. The Balaban J connectivity index is 1.58. The van der Waals surface area contributed by atoms with E-state index in [1.165, 1.54) is 41.2 Å². The van der Waals surface area contributed by atoms with Gasteiger partial charge in [-0.25, -0.2) is 22.2 Å². The molecule has 1 fully saturated rings. The van der Waals surface area contributed by atoms with Gasteiger partial charge in [-0.15, -0.1) is 0 Å². The maximum absolute atomic E-state index is 14.8. The molecule has 8 nitrogen and oxygen atoms in total. The smallest absolute Gasteiger partial charge is 0.262 e. The number of nitrogens with zero attached hydrogens (tertiary/aromatic N) is 4. The molecule has 35 heavy (non-hydrogen) atoms. The van der Waals surface area contributed by atoms with Gasteiger partial charge in [-0.05, 0) is 49.6 Å². The lowest BCUT2D eigenvalue weighted by molar-refractivity contribution is 0.0929. The van der Waals surface area contributed by atoms with Crippen LogP contribution in [0.3, 0.4) is 0 Å². The average molecular weight is 524 g/mol. The van der Waals surface area contributed by atoms with E-state index in [2.05, 4.69) is 15.3 Å². The molecule has 3 heterocycles. The van der Waals surface area contributed by atoms with Crippen LogP contribution in [0.1, 0.15) is 34.5 Å². The van der Waals surface area contributed by atoms with Crippen molar-refractivity contribution in [3.8, 4) is 0 Å². The number of aryl methyl sites for hydroxylation is 2. The van der Waals surface area contributed by atoms with Crippen LogP contribution < -0.4 is 5.32 Å². The number of amides is 1. The Labute approximate surface area is 207 Å². The molecule has 0 saturated carbocycles. The van der Waals surface area contributed by atoms with Gasteiger partial charge in [0.25, 0.3) is 15.9 Å². The Kier molecular flexibility index (Phi) is 6.94. The predicted octanol–water partition coefficient (Wildman–Crippen LogP) is 3.21. The second-order valence-electron chi connectivity index (χ2n) is 8.66. The number of carbonyl (C=O) groups is 1. The first-order valence-corrected chi connectivity index (χ1v) is 12.7. The highest BCUT2D eigenvalue weighted by atomic mass is 35.5. The van der Waals surface area contributed by atoms with Crippen molar-refractivity contribution in [1.29, 1.82) is 0 Å². The van der Waals surface area contributed by atoms with Crippen LogP contribution >= 0.6 is 11.6 Å². The lowest BCUT2D eigenvalue weighted by Crippen LogP contribution is -2.51.